The van der Waals surface area contributed by atoms with E-state index in [1.807, 2.05) is 0 Å². The molecule has 1 N–H and O–H groups in total. The summed E-state index contributed by atoms with van der Waals surface area (Å²) in [5, 5.41) is 3.43. The zero-order valence-electron chi connectivity index (χ0n) is 10.3. The fourth-order valence-electron chi connectivity index (χ4n) is 3.71. The van der Waals surface area contributed by atoms with Crippen molar-refractivity contribution >= 4 is 5.91 Å². The van der Waals surface area contributed by atoms with Crippen LogP contribution in [0.15, 0.2) is 0 Å². The highest BCUT2D eigenvalue weighted by Crippen LogP contribution is 2.58. The van der Waals surface area contributed by atoms with E-state index in [-0.39, 0.29) is 0 Å². The van der Waals surface area contributed by atoms with Gasteiger partial charge in [0.2, 0.25) is 5.91 Å². The molecular weight excluding hydrogens is 200 g/mol. The number of amides is 1. The molecule has 0 aromatic carbocycles. The SMILES string of the molecule is CC1CN(C(=O)C2C3CCCC32)C(C)CN1. The first-order chi connectivity index (χ1) is 7.68. The molecule has 90 valence electrons. The van der Waals surface area contributed by atoms with E-state index < -0.39 is 0 Å². The van der Waals surface area contributed by atoms with Crippen molar-refractivity contribution in [2.75, 3.05) is 13.1 Å². The predicted molar refractivity (Wildman–Crippen MR) is 63.0 cm³/mol. The number of carbonyl (C=O) groups is 1. The van der Waals surface area contributed by atoms with Crippen LogP contribution in [-0.2, 0) is 4.79 Å². The van der Waals surface area contributed by atoms with E-state index >= 15 is 0 Å². The largest absolute Gasteiger partial charge is 0.337 e. The Bertz CT molecular complexity index is 294. The summed E-state index contributed by atoms with van der Waals surface area (Å²) in [7, 11) is 0. The molecular formula is C13H22N2O. The molecule has 4 unspecified atom stereocenters. The molecule has 1 amide bonds. The van der Waals surface area contributed by atoms with Crippen molar-refractivity contribution < 1.29 is 4.79 Å². The molecule has 4 atom stereocenters. The number of nitrogens with one attached hydrogen (secondary N) is 1. The lowest BCUT2D eigenvalue weighted by molar-refractivity contribution is -0.136. The zero-order chi connectivity index (χ0) is 11.3. The molecule has 3 heteroatoms. The zero-order valence-corrected chi connectivity index (χ0v) is 10.3. The van der Waals surface area contributed by atoms with Crippen LogP contribution < -0.4 is 5.32 Å². The topological polar surface area (TPSA) is 32.3 Å². The molecule has 2 saturated carbocycles. The minimum absolute atomic E-state index is 0.380. The van der Waals surface area contributed by atoms with Crippen molar-refractivity contribution in [2.45, 2.75) is 45.2 Å². The van der Waals surface area contributed by atoms with E-state index in [4.69, 9.17) is 0 Å². The number of hydrogen-bond donors (Lipinski definition) is 1. The second-order valence-corrected chi connectivity index (χ2v) is 5.93. The van der Waals surface area contributed by atoms with E-state index in [0.717, 1.165) is 24.9 Å². The number of piperazine rings is 1. The van der Waals surface area contributed by atoms with Crippen molar-refractivity contribution in [1.82, 2.24) is 10.2 Å². The normalized spacial score (nSPS) is 46.6. The molecule has 16 heavy (non-hydrogen) atoms. The first-order valence-electron chi connectivity index (χ1n) is 6.72. The van der Waals surface area contributed by atoms with Crippen LogP contribution in [-0.4, -0.2) is 36.0 Å². The second kappa shape index (κ2) is 3.73. The van der Waals surface area contributed by atoms with Crippen LogP contribution in [0.1, 0.15) is 33.1 Å². The van der Waals surface area contributed by atoms with Crippen LogP contribution in [0.3, 0.4) is 0 Å². The smallest absolute Gasteiger partial charge is 0.226 e. The van der Waals surface area contributed by atoms with E-state index in [0.29, 0.717) is 23.9 Å². The Balaban J connectivity index is 1.65. The molecule has 0 radical (unpaired) electrons. The molecule has 0 bridgehead atoms. The molecule has 3 aliphatic rings. The number of hydrogen-bond acceptors (Lipinski definition) is 2. The molecule has 0 aromatic heterocycles. The van der Waals surface area contributed by atoms with Gasteiger partial charge >= 0.3 is 0 Å². The lowest BCUT2D eigenvalue weighted by Gasteiger charge is -2.38. The molecule has 3 rings (SSSR count). The summed E-state index contributed by atoms with van der Waals surface area (Å²) in [4.78, 5) is 14.6. The van der Waals surface area contributed by atoms with Gasteiger partial charge in [0.05, 0.1) is 0 Å². The van der Waals surface area contributed by atoms with Gasteiger partial charge in [-0.25, -0.2) is 0 Å². The number of carbonyl (C=O) groups excluding carboxylic acids is 1. The third kappa shape index (κ3) is 1.56. The Morgan fingerprint density at radius 1 is 1.25 bits per heavy atom. The Morgan fingerprint density at radius 3 is 2.62 bits per heavy atom. The van der Waals surface area contributed by atoms with Gasteiger partial charge in [-0.2, -0.15) is 0 Å². The third-order valence-electron chi connectivity index (χ3n) is 4.74. The summed E-state index contributed by atoms with van der Waals surface area (Å²) in [5.74, 6) is 2.37. The van der Waals surface area contributed by atoms with Gasteiger partial charge in [-0.05, 0) is 38.5 Å². The van der Waals surface area contributed by atoms with E-state index in [1.54, 1.807) is 0 Å². The van der Waals surface area contributed by atoms with E-state index in [9.17, 15) is 4.79 Å². The van der Waals surface area contributed by atoms with Crippen LogP contribution in [0.2, 0.25) is 0 Å². The fraction of sp³-hybridized carbons (Fsp3) is 0.923. The molecule has 1 aliphatic heterocycles. The first kappa shape index (κ1) is 10.6. The summed E-state index contributed by atoms with van der Waals surface area (Å²) in [6, 6.07) is 0.837. The summed E-state index contributed by atoms with van der Waals surface area (Å²) < 4.78 is 0. The number of nitrogens with zero attached hydrogens (tertiary/aromatic N) is 1. The minimum atomic E-state index is 0.380. The average Bonchev–Trinajstić information content (AvgIpc) is 2.74. The van der Waals surface area contributed by atoms with Crippen LogP contribution in [0, 0.1) is 17.8 Å². The van der Waals surface area contributed by atoms with Crippen LogP contribution in [0.5, 0.6) is 0 Å². The average molecular weight is 222 g/mol. The van der Waals surface area contributed by atoms with Crippen molar-refractivity contribution in [2.24, 2.45) is 17.8 Å². The lowest BCUT2D eigenvalue weighted by Crippen LogP contribution is -2.56. The molecule has 1 saturated heterocycles. The molecule has 3 fully saturated rings. The van der Waals surface area contributed by atoms with Gasteiger partial charge in [0.25, 0.3) is 0 Å². The highest BCUT2D eigenvalue weighted by molar-refractivity contribution is 5.83. The highest BCUT2D eigenvalue weighted by Gasteiger charge is 2.57. The Morgan fingerprint density at radius 2 is 1.94 bits per heavy atom. The van der Waals surface area contributed by atoms with Crippen molar-refractivity contribution in [3.8, 4) is 0 Å². The quantitative estimate of drug-likeness (QED) is 0.724. The summed E-state index contributed by atoms with van der Waals surface area (Å²) >= 11 is 0. The third-order valence-corrected chi connectivity index (χ3v) is 4.74. The number of fused-ring (bicyclic) bond motifs is 1. The first-order valence-corrected chi connectivity index (χ1v) is 6.72. The Hall–Kier alpha value is -0.570. The van der Waals surface area contributed by atoms with E-state index in [2.05, 4.69) is 24.1 Å². The maximum atomic E-state index is 12.4. The van der Waals surface area contributed by atoms with Gasteiger partial charge in [0, 0.05) is 31.1 Å². The van der Waals surface area contributed by atoms with Crippen molar-refractivity contribution in [3.63, 3.8) is 0 Å². The van der Waals surface area contributed by atoms with Crippen LogP contribution >= 0.6 is 0 Å². The molecule has 0 spiro atoms. The standard InChI is InChI=1S/C13H22N2O/c1-8-7-15(9(2)6-14-8)13(16)12-10-4-3-5-11(10)12/h8-12,14H,3-7H2,1-2H3. The van der Waals surface area contributed by atoms with Crippen molar-refractivity contribution in [3.05, 3.63) is 0 Å². The summed E-state index contributed by atoms with van der Waals surface area (Å²) in [6.07, 6.45) is 3.96. The van der Waals surface area contributed by atoms with E-state index in [1.165, 1.54) is 19.3 Å². The predicted octanol–water partition coefficient (Wildman–Crippen LogP) is 1.24. The maximum absolute atomic E-state index is 12.4. The van der Waals surface area contributed by atoms with Crippen molar-refractivity contribution in [1.29, 1.82) is 0 Å². The molecule has 2 aliphatic carbocycles. The Labute approximate surface area is 97.6 Å². The molecule has 3 nitrogen and oxygen atoms in total. The van der Waals surface area contributed by atoms with Gasteiger partial charge in [0.1, 0.15) is 0 Å². The monoisotopic (exact) mass is 222 g/mol. The molecule has 0 aromatic rings. The summed E-state index contributed by atoms with van der Waals surface area (Å²) in [5.41, 5.74) is 0. The van der Waals surface area contributed by atoms with Gasteiger partial charge < -0.3 is 10.2 Å². The minimum Gasteiger partial charge on any atom is -0.337 e. The highest BCUT2D eigenvalue weighted by atomic mass is 16.2. The summed E-state index contributed by atoms with van der Waals surface area (Å²) in [6.45, 7) is 6.18. The fourth-order valence-corrected chi connectivity index (χ4v) is 3.71. The van der Waals surface area contributed by atoms with Gasteiger partial charge in [0.15, 0.2) is 0 Å². The van der Waals surface area contributed by atoms with Gasteiger partial charge in [-0.15, -0.1) is 0 Å². The molecule has 1 heterocycles. The van der Waals surface area contributed by atoms with Gasteiger partial charge in [-0.3, -0.25) is 4.79 Å². The van der Waals surface area contributed by atoms with Gasteiger partial charge in [-0.1, -0.05) is 6.42 Å². The van der Waals surface area contributed by atoms with Crippen LogP contribution in [0.25, 0.3) is 0 Å². The Kier molecular flexibility index (Phi) is 2.46. The lowest BCUT2D eigenvalue weighted by atomic mass is 10.1. The van der Waals surface area contributed by atoms with Crippen LogP contribution in [0.4, 0.5) is 0 Å². The number of rotatable bonds is 1. The second-order valence-electron chi connectivity index (χ2n) is 5.93. The maximum Gasteiger partial charge on any atom is 0.226 e.